The van der Waals surface area contributed by atoms with Crippen LogP contribution < -0.4 is 4.74 Å². The zero-order valence-electron chi connectivity index (χ0n) is 18.4. The van der Waals surface area contributed by atoms with Crippen molar-refractivity contribution in [1.29, 1.82) is 0 Å². The van der Waals surface area contributed by atoms with Crippen LogP contribution in [0.4, 0.5) is 9.18 Å². The summed E-state index contributed by atoms with van der Waals surface area (Å²) in [5, 5.41) is 2.00. The smallest absolute Gasteiger partial charge is 0.293 e. The van der Waals surface area contributed by atoms with Crippen molar-refractivity contribution in [2.75, 3.05) is 0 Å². The van der Waals surface area contributed by atoms with Crippen molar-refractivity contribution >= 4 is 51.4 Å². The average molecular weight is 504 g/mol. The Kier molecular flexibility index (Phi) is 6.57. The lowest BCUT2D eigenvalue weighted by Crippen LogP contribution is -2.27. The predicted octanol–water partition coefficient (Wildman–Crippen LogP) is 7.45. The lowest BCUT2D eigenvalue weighted by molar-refractivity contribution is -0.123. The molecule has 0 N–H and O–H groups in total. The molecule has 7 heteroatoms. The Morgan fingerprint density at radius 3 is 2.57 bits per heavy atom. The number of amides is 2. The molecular weight excluding hydrogens is 485 g/mol. The molecule has 1 heterocycles. The van der Waals surface area contributed by atoms with E-state index < -0.39 is 0 Å². The minimum atomic E-state index is -0.382. The first kappa shape index (κ1) is 23.1. The highest BCUT2D eigenvalue weighted by atomic mass is 35.5. The molecule has 1 aliphatic rings. The van der Waals surface area contributed by atoms with Gasteiger partial charge in [0.05, 0.1) is 11.4 Å². The van der Waals surface area contributed by atoms with Crippen LogP contribution in [-0.4, -0.2) is 16.0 Å². The first-order valence-electron chi connectivity index (χ1n) is 10.9. The monoisotopic (exact) mass is 503 g/mol. The van der Waals surface area contributed by atoms with Gasteiger partial charge in [0.1, 0.15) is 18.2 Å². The molecule has 0 unspecified atom stereocenters. The number of rotatable bonds is 6. The van der Waals surface area contributed by atoms with E-state index in [0.717, 1.165) is 28.1 Å². The third kappa shape index (κ3) is 4.94. The SMILES string of the molecule is O=C1S/C(=C\c2c(OCc3ccccc3F)ccc3ccccc23)C(=O)N1Cc1cccc(Cl)c1. The lowest BCUT2D eigenvalue weighted by atomic mass is 10.0. The molecule has 2 amide bonds. The molecule has 4 aromatic rings. The number of hydrogen-bond acceptors (Lipinski definition) is 4. The van der Waals surface area contributed by atoms with Gasteiger partial charge in [-0.1, -0.05) is 72.3 Å². The van der Waals surface area contributed by atoms with Gasteiger partial charge >= 0.3 is 0 Å². The molecule has 1 fully saturated rings. The molecule has 4 aromatic carbocycles. The highest BCUT2D eigenvalue weighted by Crippen LogP contribution is 2.37. The fourth-order valence-electron chi connectivity index (χ4n) is 3.91. The standard InChI is InChI=1S/C28H19ClFNO3S/c29-21-9-5-6-18(14-21)16-31-27(32)26(35-28(31)33)15-23-22-10-3-1-7-19(22)12-13-25(23)34-17-20-8-2-4-11-24(20)30/h1-15H,16-17H2/b26-15-. The van der Waals surface area contributed by atoms with Crippen molar-refractivity contribution < 1.29 is 18.7 Å². The molecule has 0 saturated carbocycles. The van der Waals surface area contributed by atoms with Crippen LogP contribution in [0.2, 0.25) is 5.02 Å². The van der Waals surface area contributed by atoms with E-state index in [2.05, 4.69) is 0 Å². The Labute approximate surface area is 211 Å². The largest absolute Gasteiger partial charge is 0.488 e. The molecule has 35 heavy (non-hydrogen) atoms. The zero-order valence-corrected chi connectivity index (χ0v) is 20.0. The zero-order chi connectivity index (χ0) is 24.4. The molecule has 0 aliphatic carbocycles. The molecule has 4 nitrogen and oxygen atoms in total. The van der Waals surface area contributed by atoms with Crippen molar-refractivity contribution in [2.45, 2.75) is 13.2 Å². The number of ether oxygens (including phenoxy) is 1. The summed E-state index contributed by atoms with van der Waals surface area (Å²) in [4.78, 5) is 27.4. The summed E-state index contributed by atoms with van der Waals surface area (Å²) >= 11 is 6.94. The van der Waals surface area contributed by atoms with Crippen molar-refractivity contribution in [3.8, 4) is 5.75 Å². The molecule has 0 radical (unpaired) electrons. The Morgan fingerprint density at radius 2 is 1.74 bits per heavy atom. The topological polar surface area (TPSA) is 46.6 Å². The van der Waals surface area contributed by atoms with Crippen molar-refractivity contribution in [3.05, 3.63) is 117 Å². The minimum Gasteiger partial charge on any atom is -0.488 e. The fourth-order valence-corrected chi connectivity index (χ4v) is 4.94. The van der Waals surface area contributed by atoms with Gasteiger partial charge in [0, 0.05) is 16.1 Å². The summed E-state index contributed by atoms with van der Waals surface area (Å²) < 4.78 is 20.1. The first-order valence-corrected chi connectivity index (χ1v) is 12.1. The number of hydrogen-bond donors (Lipinski definition) is 0. The average Bonchev–Trinajstić information content (AvgIpc) is 3.12. The van der Waals surface area contributed by atoms with Gasteiger partial charge < -0.3 is 4.74 Å². The molecule has 0 aromatic heterocycles. The van der Waals surface area contributed by atoms with E-state index in [4.69, 9.17) is 16.3 Å². The van der Waals surface area contributed by atoms with E-state index in [0.29, 0.717) is 26.8 Å². The van der Waals surface area contributed by atoms with Crippen molar-refractivity contribution in [3.63, 3.8) is 0 Å². The number of thioether (sulfide) groups is 1. The Morgan fingerprint density at radius 1 is 0.943 bits per heavy atom. The van der Waals surface area contributed by atoms with Crippen molar-refractivity contribution in [2.24, 2.45) is 0 Å². The predicted molar refractivity (Wildman–Crippen MR) is 138 cm³/mol. The Bertz CT molecular complexity index is 1490. The van der Waals surface area contributed by atoms with E-state index in [9.17, 15) is 14.0 Å². The van der Waals surface area contributed by atoms with Gasteiger partial charge in [-0.2, -0.15) is 0 Å². The van der Waals surface area contributed by atoms with Crippen LogP contribution in [-0.2, 0) is 17.9 Å². The van der Waals surface area contributed by atoms with Crippen LogP contribution in [0.3, 0.4) is 0 Å². The molecule has 174 valence electrons. The van der Waals surface area contributed by atoms with Gasteiger partial charge in [-0.15, -0.1) is 0 Å². The summed E-state index contributed by atoms with van der Waals surface area (Å²) in [6.07, 6.45) is 1.68. The maximum absolute atomic E-state index is 14.1. The molecule has 1 saturated heterocycles. The van der Waals surface area contributed by atoms with Crippen LogP contribution in [0.1, 0.15) is 16.7 Å². The van der Waals surface area contributed by atoms with E-state index in [-0.39, 0.29) is 30.1 Å². The molecule has 0 bridgehead atoms. The highest BCUT2D eigenvalue weighted by molar-refractivity contribution is 8.18. The van der Waals surface area contributed by atoms with Crippen LogP contribution in [0.5, 0.6) is 5.75 Å². The van der Waals surface area contributed by atoms with Crippen LogP contribution in [0, 0.1) is 5.82 Å². The summed E-state index contributed by atoms with van der Waals surface area (Å²) in [5.41, 5.74) is 1.85. The van der Waals surface area contributed by atoms with Crippen LogP contribution in [0.25, 0.3) is 16.8 Å². The second kappa shape index (κ2) is 9.94. The Hall–Kier alpha value is -3.61. The number of halogens is 2. The lowest BCUT2D eigenvalue weighted by Gasteiger charge is -2.14. The van der Waals surface area contributed by atoms with Crippen LogP contribution >= 0.6 is 23.4 Å². The quantitative estimate of drug-likeness (QED) is 0.256. The van der Waals surface area contributed by atoms with E-state index in [1.807, 2.05) is 36.4 Å². The fraction of sp³-hybridized carbons (Fsp3) is 0.0714. The first-order chi connectivity index (χ1) is 17.0. The third-order valence-electron chi connectivity index (χ3n) is 5.65. The number of imide groups is 1. The van der Waals surface area contributed by atoms with Gasteiger partial charge in [-0.3, -0.25) is 14.5 Å². The number of benzene rings is 4. The van der Waals surface area contributed by atoms with E-state index >= 15 is 0 Å². The number of fused-ring (bicyclic) bond motifs is 1. The second-order valence-corrected chi connectivity index (χ2v) is 9.41. The normalized spacial score (nSPS) is 14.8. The summed E-state index contributed by atoms with van der Waals surface area (Å²) in [7, 11) is 0. The van der Waals surface area contributed by atoms with Crippen molar-refractivity contribution in [1.82, 2.24) is 4.90 Å². The highest BCUT2D eigenvalue weighted by Gasteiger charge is 2.35. The maximum atomic E-state index is 14.1. The number of carbonyl (C=O) groups excluding carboxylic acids is 2. The molecule has 0 atom stereocenters. The third-order valence-corrected chi connectivity index (χ3v) is 6.79. The molecule has 1 aliphatic heterocycles. The molecule has 0 spiro atoms. The van der Waals surface area contributed by atoms with Gasteiger partial charge in [-0.05, 0) is 58.4 Å². The molecular formula is C28H19ClFNO3S. The summed E-state index contributed by atoms with van der Waals surface area (Å²) in [6, 6.07) is 24.9. The van der Waals surface area contributed by atoms with Crippen LogP contribution in [0.15, 0.2) is 89.8 Å². The second-order valence-electron chi connectivity index (χ2n) is 7.98. The summed E-state index contributed by atoms with van der Waals surface area (Å²) in [5.74, 6) is -0.237. The number of carbonyl (C=O) groups is 2. The van der Waals surface area contributed by atoms with Gasteiger partial charge in [0.25, 0.3) is 11.1 Å². The van der Waals surface area contributed by atoms with Gasteiger partial charge in [0.15, 0.2) is 0 Å². The van der Waals surface area contributed by atoms with E-state index in [1.165, 1.54) is 11.0 Å². The summed E-state index contributed by atoms with van der Waals surface area (Å²) in [6.45, 7) is 0.164. The molecule has 5 rings (SSSR count). The minimum absolute atomic E-state index is 0.0299. The van der Waals surface area contributed by atoms with Gasteiger partial charge in [-0.25, -0.2) is 4.39 Å². The Balaban J connectivity index is 1.49. The maximum Gasteiger partial charge on any atom is 0.293 e. The van der Waals surface area contributed by atoms with E-state index in [1.54, 1.807) is 48.5 Å². The number of nitrogens with zero attached hydrogens (tertiary/aromatic N) is 1. The van der Waals surface area contributed by atoms with Gasteiger partial charge in [0.2, 0.25) is 0 Å².